The topological polar surface area (TPSA) is 94.0 Å². The van der Waals surface area contributed by atoms with Crippen molar-refractivity contribution >= 4 is 5.91 Å². The van der Waals surface area contributed by atoms with E-state index in [1.807, 2.05) is 6.92 Å². The summed E-state index contributed by atoms with van der Waals surface area (Å²) in [5.41, 5.74) is 0.417. The molecule has 176 valence electrons. The van der Waals surface area contributed by atoms with E-state index in [-0.39, 0.29) is 30.1 Å². The van der Waals surface area contributed by atoms with Gasteiger partial charge in [0.2, 0.25) is 5.88 Å². The second kappa shape index (κ2) is 8.62. The minimum absolute atomic E-state index is 0.0228. The van der Waals surface area contributed by atoms with E-state index >= 15 is 0 Å². The SMILES string of the molecule is Cc1ccc(-c2ncccn2)c(C(=O)N2CC3CC3CC2COc2ccc(C(F)(F)F)nn2)n1. The number of carbonyl (C=O) groups is 1. The molecule has 1 amide bonds. The summed E-state index contributed by atoms with van der Waals surface area (Å²) in [4.78, 5) is 28.5. The Morgan fingerprint density at radius 1 is 1.09 bits per heavy atom. The van der Waals surface area contributed by atoms with Crippen molar-refractivity contribution in [2.75, 3.05) is 13.2 Å². The molecule has 34 heavy (non-hydrogen) atoms. The number of amides is 1. The lowest BCUT2D eigenvalue weighted by molar-refractivity contribution is -0.141. The smallest absolute Gasteiger partial charge is 0.435 e. The molecule has 2 fully saturated rings. The van der Waals surface area contributed by atoms with E-state index in [0.29, 0.717) is 35.5 Å². The highest BCUT2D eigenvalue weighted by atomic mass is 19.4. The normalized spacial score (nSPS) is 21.6. The van der Waals surface area contributed by atoms with Crippen molar-refractivity contribution in [1.29, 1.82) is 0 Å². The fourth-order valence-electron chi connectivity index (χ4n) is 4.31. The van der Waals surface area contributed by atoms with Crippen LogP contribution in [0.5, 0.6) is 5.88 Å². The van der Waals surface area contributed by atoms with Gasteiger partial charge in [-0.3, -0.25) is 4.79 Å². The molecule has 1 saturated heterocycles. The zero-order valence-corrected chi connectivity index (χ0v) is 18.2. The molecule has 0 N–H and O–H groups in total. The van der Waals surface area contributed by atoms with Crippen LogP contribution in [0.15, 0.2) is 42.7 Å². The lowest BCUT2D eigenvalue weighted by Crippen LogP contribution is -2.48. The van der Waals surface area contributed by atoms with Gasteiger partial charge in [-0.25, -0.2) is 15.0 Å². The summed E-state index contributed by atoms with van der Waals surface area (Å²) in [5, 5.41) is 6.72. The fraction of sp³-hybridized carbons (Fsp3) is 0.391. The Hall–Kier alpha value is -3.63. The van der Waals surface area contributed by atoms with Crippen LogP contribution in [0.2, 0.25) is 0 Å². The van der Waals surface area contributed by atoms with Gasteiger partial charge in [0.05, 0.1) is 11.6 Å². The number of aryl methyl sites for hydroxylation is 1. The van der Waals surface area contributed by atoms with Crippen LogP contribution in [0.25, 0.3) is 11.4 Å². The average molecular weight is 470 g/mol. The van der Waals surface area contributed by atoms with Gasteiger partial charge >= 0.3 is 6.18 Å². The number of carbonyl (C=O) groups excluding carboxylic acids is 1. The van der Waals surface area contributed by atoms with Crippen LogP contribution in [0, 0.1) is 18.8 Å². The lowest BCUT2D eigenvalue weighted by atomic mass is 10.0. The zero-order valence-electron chi connectivity index (χ0n) is 18.2. The maximum Gasteiger partial charge on any atom is 0.435 e. The van der Waals surface area contributed by atoms with E-state index in [0.717, 1.165) is 25.0 Å². The van der Waals surface area contributed by atoms with Gasteiger partial charge in [0.25, 0.3) is 5.91 Å². The van der Waals surface area contributed by atoms with Gasteiger partial charge in [-0.2, -0.15) is 13.2 Å². The molecule has 0 spiro atoms. The summed E-state index contributed by atoms with van der Waals surface area (Å²) in [6.07, 6.45) is 0.422. The van der Waals surface area contributed by atoms with Gasteiger partial charge in [-0.1, -0.05) is 0 Å². The number of hydrogen-bond acceptors (Lipinski definition) is 7. The number of alkyl halides is 3. The van der Waals surface area contributed by atoms with Crippen molar-refractivity contribution in [1.82, 2.24) is 30.0 Å². The number of aromatic nitrogens is 5. The van der Waals surface area contributed by atoms with Gasteiger partial charge in [-0.15, -0.1) is 10.2 Å². The summed E-state index contributed by atoms with van der Waals surface area (Å²) in [6.45, 7) is 2.47. The molecule has 3 aromatic heterocycles. The van der Waals surface area contributed by atoms with Crippen LogP contribution in [-0.2, 0) is 6.18 Å². The molecule has 0 radical (unpaired) electrons. The standard InChI is InChI=1S/C23H21F3N6O2/c1-13-3-4-17(21-27-7-2-8-28-21)20(29-13)22(33)32-11-15-9-14(15)10-16(32)12-34-19-6-5-18(30-31-19)23(24,25)26/h2-8,14-16H,9-12H2,1H3. The monoisotopic (exact) mass is 470 g/mol. The summed E-state index contributed by atoms with van der Waals surface area (Å²) in [7, 11) is 0. The van der Waals surface area contributed by atoms with E-state index < -0.39 is 11.9 Å². The Kier molecular flexibility index (Phi) is 5.62. The van der Waals surface area contributed by atoms with Crippen LogP contribution in [-0.4, -0.2) is 55.1 Å². The van der Waals surface area contributed by atoms with Crippen molar-refractivity contribution in [3.63, 3.8) is 0 Å². The molecule has 1 aliphatic carbocycles. The molecule has 1 aliphatic heterocycles. The molecule has 1 saturated carbocycles. The van der Waals surface area contributed by atoms with Crippen molar-refractivity contribution < 1.29 is 22.7 Å². The minimum atomic E-state index is -4.57. The predicted octanol–water partition coefficient (Wildman–Crippen LogP) is 3.59. The first kappa shape index (κ1) is 22.2. The Morgan fingerprint density at radius 2 is 1.88 bits per heavy atom. The predicted molar refractivity (Wildman–Crippen MR) is 114 cm³/mol. The number of pyridine rings is 1. The quantitative estimate of drug-likeness (QED) is 0.563. The zero-order chi connectivity index (χ0) is 23.9. The molecule has 5 rings (SSSR count). The number of hydrogen-bond donors (Lipinski definition) is 0. The van der Waals surface area contributed by atoms with E-state index in [1.54, 1.807) is 35.5 Å². The van der Waals surface area contributed by atoms with E-state index in [4.69, 9.17) is 4.74 Å². The van der Waals surface area contributed by atoms with Gasteiger partial charge < -0.3 is 9.64 Å². The maximum absolute atomic E-state index is 13.7. The van der Waals surface area contributed by atoms with Gasteiger partial charge in [0.1, 0.15) is 12.3 Å². The summed E-state index contributed by atoms with van der Waals surface area (Å²) in [6, 6.07) is 6.98. The highest BCUT2D eigenvalue weighted by Gasteiger charge is 2.48. The maximum atomic E-state index is 13.7. The number of likely N-dealkylation sites (tertiary alicyclic amines) is 1. The number of halogens is 3. The number of fused-ring (bicyclic) bond motifs is 1. The van der Waals surface area contributed by atoms with E-state index in [9.17, 15) is 18.0 Å². The second-order valence-corrected chi connectivity index (χ2v) is 8.59. The van der Waals surface area contributed by atoms with Gasteiger partial charge in [0, 0.05) is 30.7 Å². The minimum Gasteiger partial charge on any atom is -0.474 e. The largest absolute Gasteiger partial charge is 0.474 e. The molecule has 8 nitrogen and oxygen atoms in total. The first-order valence-electron chi connectivity index (χ1n) is 10.9. The summed E-state index contributed by atoms with van der Waals surface area (Å²) in [5.74, 6) is 1.09. The summed E-state index contributed by atoms with van der Waals surface area (Å²) < 4.78 is 43.8. The molecule has 4 heterocycles. The number of piperidine rings is 1. The number of rotatable bonds is 5. The first-order valence-corrected chi connectivity index (χ1v) is 10.9. The molecular weight excluding hydrogens is 449 g/mol. The Bertz CT molecular complexity index is 1190. The van der Waals surface area contributed by atoms with Crippen molar-refractivity contribution in [2.45, 2.75) is 32.0 Å². The second-order valence-electron chi connectivity index (χ2n) is 8.59. The number of ether oxygens (including phenoxy) is 1. The van der Waals surface area contributed by atoms with Crippen molar-refractivity contribution in [3.8, 4) is 17.3 Å². The molecule has 3 unspecified atom stereocenters. The summed E-state index contributed by atoms with van der Waals surface area (Å²) >= 11 is 0. The van der Waals surface area contributed by atoms with Crippen molar-refractivity contribution in [3.05, 3.63) is 59.8 Å². The highest BCUT2D eigenvalue weighted by molar-refractivity contribution is 5.98. The first-order chi connectivity index (χ1) is 16.3. The number of nitrogens with zero attached hydrogens (tertiary/aromatic N) is 6. The third-order valence-electron chi connectivity index (χ3n) is 6.17. The van der Waals surface area contributed by atoms with Crippen LogP contribution in [0.3, 0.4) is 0 Å². The Morgan fingerprint density at radius 3 is 2.59 bits per heavy atom. The molecule has 3 aromatic rings. The Labute approximate surface area is 193 Å². The third kappa shape index (κ3) is 4.55. The fourth-order valence-corrected chi connectivity index (χ4v) is 4.31. The van der Waals surface area contributed by atoms with E-state index in [1.165, 1.54) is 0 Å². The van der Waals surface area contributed by atoms with Crippen LogP contribution < -0.4 is 4.74 Å². The molecule has 11 heteroatoms. The Balaban J connectivity index is 1.37. The molecular formula is C23H21F3N6O2. The molecule has 3 atom stereocenters. The molecule has 2 aliphatic rings. The van der Waals surface area contributed by atoms with Gasteiger partial charge in [-0.05, 0) is 55.9 Å². The lowest BCUT2D eigenvalue weighted by Gasteiger charge is -2.35. The van der Waals surface area contributed by atoms with Crippen LogP contribution in [0.1, 0.15) is 34.7 Å². The van der Waals surface area contributed by atoms with Gasteiger partial charge in [0.15, 0.2) is 11.5 Å². The van der Waals surface area contributed by atoms with Crippen LogP contribution in [0.4, 0.5) is 13.2 Å². The third-order valence-corrected chi connectivity index (χ3v) is 6.17. The molecule has 0 bridgehead atoms. The van der Waals surface area contributed by atoms with Crippen molar-refractivity contribution in [2.24, 2.45) is 11.8 Å². The highest BCUT2D eigenvalue weighted by Crippen LogP contribution is 2.47. The molecule has 0 aromatic carbocycles. The van der Waals surface area contributed by atoms with E-state index in [2.05, 4.69) is 25.1 Å². The van der Waals surface area contributed by atoms with Crippen LogP contribution >= 0.6 is 0 Å². The average Bonchev–Trinajstić information content (AvgIpc) is 3.60.